The van der Waals surface area contributed by atoms with Crippen LogP contribution in [0.4, 0.5) is 0 Å². The van der Waals surface area contributed by atoms with Gasteiger partial charge in [-0.05, 0) is 59.7 Å². The van der Waals surface area contributed by atoms with E-state index in [1.807, 2.05) is 30.3 Å². The second-order valence-corrected chi connectivity index (χ2v) is 6.71. The number of ether oxygens (including phenoxy) is 1. The topological polar surface area (TPSA) is 79.1 Å². The Hall–Kier alpha value is -2.21. The van der Waals surface area contributed by atoms with E-state index in [1.54, 1.807) is 4.90 Å². The predicted molar refractivity (Wildman–Crippen MR) is 95.5 cm³/mol. The van der Waals surface area contributed by atoms with Crippen LogP contribution in [-0.4, -0.2) is 40.0 Å². The molecule has 1 fully saturated rings. The third-order valence-electron chi connectivity index (χ3n) is 3.81. The summed E-state index contributed by atoms with van der Waals surface area (Å²) >= 11 is 2.21. The number of nitrogens with zero attached hydrogens (tertiary/aromatic N) is 4. The average molecular weight is 434 g/mol. The Morgan fingerprint density at radius 1 is 1.29 bits per heavy atom. The van der Waals surface area contributed by atoms with Crippen molar-refractivity contribution in [1.29, 1.82) is 5.26 Å². The number of amides is 1. The van der Waals surface area contributed by atoms with Crippen LogP contribution in [0.1, 0.15) is 28.9 Å². The number of carbonyl (C=O) groups excluding carboxylic acids is 1. The van der Waals surface area contributed by atoms with Gasteiger partial charge in [-0.2, -0.15) is 5.26 Å². The van der Waals surface area contributed by atoms with E-state index in [9.17, 15) is 4.79 Å². The maximum atomic E-state index is 12.6. The molecule has 3 rings (SSSR count). The molecule has 0 bridgehead atoms. The summed E-state index contributed by atoms with van der Waals surface area (Å²) < 4.78 is 6.91. The van der Waals surface area contributed by atoms with Crippen molar-refractivity contribution in [1.82, 2.24) is 14.9 Å². The molecular weight excluding hydrogens is 419 g/mol. The lowest BCUT2D eigenvalue weighted by Gasteiger charge is -2.32. The highest BCUT2D eigenvalue weighted by Gasteiger charge is 2.26. The summed E-state index contributed by atoms with van der Waals surface area (Å²) in [6.45, 7) is 1.18. The van der Waals surface area contributed by atoms with Gasteiger partial charge in [0.1, 0.15) is 12.2 Å². The predicted octanol–water partition coefficient (Wildman–Crippen LogP) is 2.64. The molecule has 1 atom stereocenters. The van der Waals surface area contributed by atoms with Crippen LogP contribution >= 0.6 is 22.6 Å². The second kappa shape index (κ2) is 7.57. The lowest BCUT2D eigenvalue weighted by molar-refractivity contribution is 0.0526. The minimum atomic E-state index is -0.185. The summed E-state index contributed by atoms with van der Waals surface area (Å²) in [7, 11) is 0. The largest absolute Gasteiger partial charge is 0.470 e. The molecule has 0 N–H and O–H groups in total. The standard InChI is InChI=1S/C17H15IN4O2/c18-13-5-3-12(4-6-13)17(23)22-9-1-2-14(11-22)24-16-15(10-19)20-7-8-21-16/h3-8,14H,1-2,9,11H2. The van der Waals surface area contributed by atoms with E-state index in [0.29, 0.717) is 18.7 Å². The average Bonchev–Trinajstić information content (AvgIpc) is 2.62. The fraction of sp³-hybridized carbons (Fsp3) is 0.294. The van der Waals surface area contributed by atoms with Crippen LogP contribution < -0.4 is 4.74 Å². The van der Waals surface area contributed by atoms with Gasteiger partial charge in [-0.1, -0.05) is 0 Å². The van der Waals surface area contributed by atoms with Gasteiger partial charge in [0, 0.05) is 28.1 Å². The van der Waals surface area contributed by atoms with Crippen molar-refractivity contribution in [3.63, 3.8) is 0 Å². The van der Waals surface area contributed by atoms with E-state index in [1.165, 1.54) is 12.4 Å². The first-order chi connectivity index (χ1) is 11.7. The smallest absolute Gasteiger partial charge is 0.253 e. The van der Waals surface area contributed by atoms with Gasteiger partial charge >= 0.3 is 0 Å². The summed E-state index contributed by atoms with van der Waals surface area (Å²) in [4.78, 5) is 22.4. The zero-order valence-electron chi connectivity index (χ0n) is 12.9. The summed E-state index contributed by atoms with van der Waals surface area (Å²) in [5, 5.41) is 9.06. The monoisotopic (exact) mass is 434 g/mol. The Kier molecular flexibility index (Phi) is 5.25. The molecule has 1 aliphatic heterocycles. The quantitative estimate of drug-likeness (QED) is 0.695. The fourth-order valence-corrected chi connectivity index (χ4v) is 3.00. The first-order valence-corrected chi connectivity index (χ1v) is 8.68. The van der Waals surface area contributed by atoms with E-state index in [2.05, 4.69) is 32.6 Å². The van der Waals surface area contributed by atoms with Crippen LogP contribution in [0.2, 0.25) is 0 Å². The Labute approximate surface area is 153 Å². The molecule has 1 saturated heterocycles. The van der Waals surface area contributed by atoms with Gasteiger partial charge in [0.2, 0.25) is 5.69 Å². The minimum absolute atomic E-state index is 0.000600. The molecule has 0 saturated carbocycles. The van der Waals surface area contributed by atoms with Crippen molar-refractivity contribution in [3.8, 4) is 11.9 Å². The molecule has 0 radical (unpaired) electrons. The number of likely N-dealkylation sites (tertiary alicyclic amines) is 1. The lowest BCUT2D eigenvalue weighted by atomic mass is 10.1. The number of carbonyl (C=O) groups is 1. The number of aromatic nitrogens is 2. The van der Waals surface area contributed by atoms with Gasteiger partial charge in [-0.25, -0.2) is 9.97 Å². The maximum Gasteiger partial charge on any atom is 0.253 e. The molecule has 0 aliphatic carbocycles. The number of hydrogen-bond acceptors (Lipinski definition) is 5. The van der Waals surface area contributed by atoms with Crippen molar-refractivity contribution in [2.24, 2.45) is 0 Å². The molecule has 1 aromatic heterocycles. The Balaban J connectivity index is 1.69. The van der Waals surface area contributed by atoms with E-state index in [-0.39, 0.29) is 23.6 Å². The SMILES string of the molecule is N#Cc1nccnc1OC1CCCN(C(=O)c2ccc(I)cc2)C1. The van der Waals surface area contributed by atoms with E-state index < -0.39 is 0 Å². The van der Waals surface area contributed by atoms with Crippen molar-refractivity contribution in [2.45, 2.75) is 18.9 Å². The number of rotatable bonds is 3. The van der Waals surface area contributed by atoms with Gasteiger partial charge < -0.3 is 9.64 Å². The number of halogens is 1. The van der Waals surface area contributed by atoms with Crippen LogP contribution in [-0.2, 0) is 0 Å². The summed E-state index contributed by atoms with van der Waals surface area (Å²) in [5.74, 6) is 0.230. The van der Waals surface area contributed by atoms with Crippen LogP contribution in [0.15, 0.2) is 36.7 Å². The second-order valence-electron chi connectivity index (χ2n) is 5.46. The molecule has 7 heteroatoms. The van der Waals surface area contributed by atoms with Gasteiger partial charge in [-0.15, -0.1) is 0 Å². The highest BCUT2D eigenvalue weighted by Crippen LogP contribution is 2.20. The molecule has 24 heavy (non-hydrogen) atoms. The van der Waals surface area contributed by atoms with Gasteiger partial charge in [0.15, 0.2) is 0 Å². The van der Waals surface area contributed by atoms with Gasteiger partial charge in [-0.3, -0.25) is 4.79 Å². The molecule has 1 aromatic carbocycles. The number of hydrogen-bond donors (Lipinski definition) is 0. The van der Waals surface area contributed by atoms with Crippen molar-refractivity contribution >= 4 is 28.5 Å². The van der Waals surface area contributed by atoms with Gasteiger partial charge in [0.25, 0.3) is 11.8 Å². The fourth-order valence-electron chi connectivity index (χ4n) is 2.64. The van der Waals surface area contributed by atoms with E-state index in [0.717, 1.165) is 16.4 Å². The molecule has 2 aromatic rings. The highest BCUT2D eigenvalue weighted by atomic mass is 127. The van der Waals surface area contributed by atoms with Crippen LogP contribution in [0.3, 0.4) is 0 Å². The molecule has 6 nitrogen and oxygen atoms in total. The summed E-state index contributed by atoms with van der Waals surface area (Å²) in [6.07, 6.45) is 4.43. The molecule has 2 heterocycles. The zero-order chi connectivity index (χ0) is 16.9. The van der Waals surface area contributed by atoms with Crippen LogP contribution in [0, 0.1) is 14.9 Å². The maximum absolute atomic E-state index is 12.6. The number of benzene rings is 1. The molecule has 0 spiro atoms. The third-order valence-corrected chi connectivity index (χ3v) is 4.52. The Morgan fingerprint density at radius 3 is 2.79 bits per heavy atom. The van der Waals surface area contributed by atoms with Crippen molar-refractivity contribution < 1.29 is 9.53 Å². The van der Waals surface area contributed by atoms with E-state index >= 15 is 0 Å². The number of nitriles is 1. The Bertz CT molecular complexity index is 773. The molecule has 1 unspecified atom stereocenters. The van der Waals surface area contributed by atoms with Crippen LogP contribution in [0.25, 0.3) is 0 Å². The third kappa shape index (κ3) is 3.82. The van der Waals surface area contributed by atoms with Crippen molar-refractivity contribution in [2.75, 3.05) is 13.1 Å². The molecule has 122 valence electrons. The van der Waals surface area contributed by atoms with Gasteiger partial charge in [0.05, 0.1) is 6.54 Å². The lowest BCUT2D eigenvalue weighted by Crippen LogP contribution is -2.44. The van der Waals surface area contributed by atoms with Crippen LogP contribution in [0.5, 0.6) is 5.88 Å². The normalized spacial score (nSPS) is 17.2. The first-order valence-electron chi connectivity index (χ1n) is 7.60. The molecular formula is C17H15IN4O2. The zero-order valence-corrected chi connectivity index (χ0v) is 15.0. The molecule has 1 amide bonds. The highest BCUT2D eigenvalue weighted by molar-refractivity contribution is 14.1. The molecule has 1 aliphatic rings. The van der Waals surface area contributed by atoms with E-state index in [4.69, 9.17) is 10.00 Å². The number of piperidine rings is 1. The minimum Gasteiger partial charge on any atom is -0.470 e. The first kappa shape index (κ1) is 16.6. The Morgan fingerprint density at radius 2 is 2.04 bits per heavy atom. The van der Waals surface area contributed by atoms with Crippen molar-refractivity contribution in [3.05, 3.63) is 51.5 Å². The summed E-state index contributed by atoms with van der Waals surface area (Å²) in [5.41, 5.74) is 0.840. The summed E-state index contributed by atoms with van der Waals surface area (Å²) in [6, 6.07) is 9.49.